The Morgan fingerprint density at radius 3 is 3.06 bits per heavy atom. The van der Waals surface area contributed by atoms with Gasteiger partial charge in [0.15, 0.2) is 0 Å². The van der Waals surface area contributed by atoms with E-state index in [1.807, 2.05) is 18.2 Å². The lowest BCUT2D eigenvalue weighted by atomic mass is 10.3. The average molecular weight is 220 g/mol. The normalized spacial score (nSPS) is 15.1. The first kappa shape index (κ1) is 11.4. The monoisotopic (exact) mass is 220 g/mol. The molecular formula is C13H20N2O. The van der Waals surface area contributed by atoms with Gasteiger partial charge in [-0.15, -0.1) is 0 Å². The van der Waals surface area contributed by atoms with Crippen molar-refractivity contribution in [2.75, 3.05) is 18.5 Å². The minimum atomic E-state index is 0.631. The molecule has 0 bridgehead atoms. The molecule has 0 saturated heterocycles. The molecule has 1 aromatic heterocycles. The lowest BCUT2D eigenvalue weighted by Crippen LogP contribution is -2.03. The summed E-state index contributed by atoms with van der Waals surface area (Å²) in [5.74, 6) is 1.88. The molecule has 2 rings (SSSR count). The van der Waals surface area contributed by atoms with Gasteiger partial charge in [0.05, 0.1) is 12.3 Å². The van der Waals surface area contributed by atoms with Crippen molar-refractivity contribution in [1.82, 2.24) is 4.98 Å². The molecule has 0 aliphatic heterocycles. The van der Waals surface area contributed by atoms with E-state index in [0.717, 1.165) is 30.6 Å². The van der Waals surface area contributed by atoms with E-state index in [4.69, 9.17) is 4.74 Å². The first-order valence-corrected chi connectivity index (χ1v) is 6.16. The minimum absolute atomic E-state index is 0.631. The van der Waals surface area contributed by atoms with Crippen molar-refractivity contribution in [3.8, 4) is 0 Å². The second kappa shape index (κ2) is 5.85. The van der Waals surface area contributed by atoms with Gasteiger partial charge in [-0.25, -0.2) is 4.98 Å². The molecule has 3 nitrogen and oxygen atoms in total. The zero-order chi connectivity index (χ0) is 11.2. The molecule has 0 spiro atoms. The van der Waals surface area contributed by atoms with Gasteiger partial charge in [-0.3, -0.25) is 0 Å². The van der Waals surface area contributed by atoms with Crippen LogP contribution in [0.5, 0.6) is 0 Å². The average Bonchev–Trinajstić information content (AvgIpc) is 3.09. The molecule has 1 saturated carbocycles. The number of nitrogens with zero attached hydrogens (tertiary/aromatic N) is 1. The maximum atomic E-state index is 5.61. The fourth-order valence-electron chi connectivity index (χ4n) is 1.67. The molecule has 16 heavy (non-hydrogen) atoms. The summed E-state index contributed by atoms with van der Waals surface area (Å²) in [5, 5.41) is 3.20. The lowest BCUT2D eigenvalue weighted by molar-refractivity contribution is 0.112. The van der Waals surface area contributed by atoms with Gasteiger partial charge >= 0.3 is 0 Å². The topological polar surface area (TPSA) is 34.1 Å². The molecule has 1 aliphatic carbocycles. The van der Waals surface area contributed by atoms with E-state index >= 15 is 0 Å². The fraction of sp³-hybridized carbons (Fsp3) is 0.615. The largest absolute Gasteiger partial charge is 0.375 e. The number of hydrogen-bond donors (Lipinski definition) is 1. The van der Waals surface area contributed by atoms with Crippen LogP contribution >= 0.6 is 0 Å². The second-order valence-electron chi connectivity index (χ2n) is 4.33. The van der Waals surface area contributed by atoms with Crippen LogP contribution in [0.15, 0.2) is 18.2 Å². The molecule has 1 heterocycles. The van der Waals surface area contributed by atoms with Gasteiger partial charge in [0, 0.05) is 13.2 Å². The van der Waals surface area contributed by atoms with Gasteiger partial charge in [0.2, 0.25) is 0 Å². The number of anilines is 1. The van der Waals surface area contributed by atoms with Gasteiger partial charge < -0.3 is 10.1 Å². The summed E-state index contributed by atoms with van der Waals surface area (Å²) in [6, 6.07) is 6.01. The summed E-state index contributed by atoms with van der Waals surface area (Å²) in [6.07, 6.45) is 4.02. The first-order valence-electron chi connectivity index (χ1n) is 6.16. The van der Waals surface area contributed by atoms with Crippen molar-refractivity contribution >= 4 is 5.82 Å². The molecule has 0 radical (unpaired) electrons. The molecule has 88 valence electrons. The van der Waals surface area contributed by atoms with Crippen LogP contribution in [0.4, 0.5) is 5.82 Å². The SMILES string of the molecule is CCNc1cccc(COCCC2CC2)n1. The zero-order valence-electron chi connectivity index (χ0n) is 9.91. The van der Waals surface area contributed by atoms with E-state index in [0.29, 0.717) is 6.61 Å². The highest BCUT2D eigenvalue weighted by Gasteiger charge is 2.20. The third-order valence-corrected chi connectivity index (χ3v) is 2.78. The highest BCUT2D eigenvalue weighted by Crippen LogP contribution is 2.32. The smallest absolute Gasteiger partial charge is 0.126 e. The summed E-state index contributed by atoms with van der Waals surface area (Å²) in [5.41, 5.74) is 1.01. The van der Waals surface area contributed by atoms with E-state index < -0.39 is 0 Å². The fourth-order valence-corrected chi connectivity index (χ4v) is 1.67. The second-order valence-corrected chi connectivity index (χ2v) is 4.33. The highest BCUT2D eigenvalue weighted by molar-refractivity contribution is 5.34. The number of pyridine rings is 1. The summed E-state index contributed by atoms with van der Waals surface area (Å²) in [7, 11) is 0. The van der Waals surface area contributed by atoms with Crippen LogP contribution in [0.2, 0.25) is 0 Å². The summed E-state index contributed by atoms with van der Waals surface area (Å²) in [6.45, 7) is 4.48. The van der Waals surface area contributed by atoms with Crippen LogP contribution in [-0.4, -0.2) is 18.1 Å². The van der Waals surface area contributed by atoms with Crippen molar-refractivity contribution in [1.29, 1.82) is 0 Å². The summed E-state index contributed by atoms with van der Waals surface area (Å²) < 4.78 is 5.61. The Bertz CT molecular complexity index is 323. The van der Waals surface area contributed by atoms with Gasteiger partial charge in [0.1, 0.15) is 5.82 Å². The number of nitrogens with one attached hydrogen (secondary N) is 1. The first-order chi connectivity index (χ1) is 7.88. The van der Waals surface area contributed by atoms with E-state index in [1.54, 1.807) is 0 Å². The Morgan fingerprint density at radius 1 is 1.44 bits per heavy atom. The van der Waals surface area contributed by atoms with E-state index in [9.17, 15) is 0 Å². The van der Waals surface area contributed by atoms with Crippen molar-refractivity contribution in [2.45, 2.75) is 32.8 Å². The summed E-state index contributed by atoms with van der Waals surface area (Å²) in [4.78, 5) is 4.46. The number of hydrogen-bond acceptors (Lipinski definition) is 3. The molecule has 0 amide bonds. The molecule has 1 N–H and O–H groups in total. The quantitative estimate of drug-likeness (QED) is 0.717. The van der Waals surface area contributed by atoms with E-state index in [2.05, 4.69) is 17.2 Å². The minimum Gasteiger partial charge on any atom is -0.375 e. The number of ether oxygens (including phenoxy) is 1. The predicted molar refractivity (Wildman–Crippen MR) is 65.4 cm³/mol. The van der Waals surface area contributed by atoms with Gasteiger partial charge in [0.25, 0.3) is 0 Å². The maximum absolute atomic E-state index is 5.61. The van der Waals surface area contributed by atoms with Crippen molar-refractivity contribution < 1.29 is 4.74 Å². The number of aromatic nitrogens is 1. The Morgan fingerprint density at radius 2 is 2.31 bits per heavy atom. The molecule has 1 fully saturated rings. The molecule has 0 atom stereocenters. The Balaban J connectivity index is 1.71. The van der Waals surface area contributed by atoms with Gasteiger partial charge in [-0.05, 0) is 31.4 Å². The zero-order valence-corrected chi connectivity index (χ0v) is 9.91. The Labute approximate surface area is 97.2 Å². The van der Waals surface area contributed by atoms with E-state index in [1.165, 1.54) is 19.3 Å². The van der Waals surface area contributed by atoms with Crippen LogP contribution in [0, 0.1) is 5.92 Å². The predicted octanol–water partition coefficient (Wildman–Crippen LogP) is 2.83. The summed E-state index contributed by atoms with van der Waals surface area (Å²) >= 11 is 0. The third kappa shape index (κ3) is 3.81. The van der Waals surface area contributed by atoms with Gasteiger partial charge in [-0.1, -0.05) is 18.9 Å². The molecule has 1 aliphatic rings. The molecular weight excluding hydrogens is 200 g/mol. The van der Waals surface area contributed by atoms with Crippen molar-refractivity contribution in [3.63, 3.8) is 0 Å². The molecule has 3 heteroatoms. The Kier molecular flexibility index (Phi) is 4.17. The van der Waals surface area contributed by atoms with Crippen molar-refractivity contribution in [3.05, 3.63) is 23.9 Å². The Hall–Kier alpha value is -1.09. The van der Waals surface area contributed by atoms with Crippen LogP contribution < -0.4 is 5.32 Å². The van der Waals surface area contributed by atoms with Crippen LogP contribution in [0.3, 0.4) is 0 Å². The van der Waals surface area contributed by atoms with Crippen LogP contribution in [0.25, 0.3) is 0 Å². The highest BCUT2D eigenvalue weighted by atomic mass is 16.5. The third-order valence-electron chi connectivity index (χ3n) is 2.78. The molecule has 0 aromatic carbocycles. The number of rotatable bonds is 7. The molecule has 1 aromatic rings. The molecule has 0 unspecified atom stereocenters. The van der Waals surface area contributed by atoms with Crippen LogP contribution in [0.1, 0.15) is 31.9 Å². The van der Waals surface area contributed by atoms with Crippen LogP contribution in [-0.2, 0) is 11.3 Å². The van der Waals surface area contributed by atoms with E-state index in [-0.39, 0.29) is 0 Å². The van der Waals surface area contributed by atoms with Gasteiger partial charge in [-0.2, -0.15) is 0 Å². The standard InChI is InChI=1S/C13H20N2O/c1-2-14-13-5-3-4-12(15-13)10-16-9-8-11-6-7-11/h3-5,11H,2,6-10H2,1H3,(H,14,15). The van der Waals surface area contributed by atoms with Crippen molar-refractivity contribution in [2.24, 2.45) is 5.92 Å². The maximum Gasteiger partial charge on any atom is 0.126 e. The lowest BCUT2D eigenvalue weighted by Gasteiger charge is -2.06.